The van der Waals surface area contributed by atoms with Gasteiger partial charge in [0.2, 0.25) is 0 Å². The Balaban J connectivity index is 2.78. The number of carbonyl (C=O) groups is 1. The largest absolute Gasteiger partial charge is 0.481 e. The van der Waals surface area contributed by atoms with Gasteiger partial charge in [-0.3, -0.25) is 4.79 Å². The average Bonchev–Trinajstić information content (AvgIpc) is 2.47. The van der Waals surface area contributed by atoms with Crippen molar-refractivity contribution in [2.45, 2.75) is 12.3 Å². The fraction of sp³-hybridized carbons (Fsp3) is 0.444. The van der Waals surface area contributed by atoms with Crippen molar-refractivity contribution in [2.75, 3.05) is 6.54 Å². The van der Waals surface area contributed by atoms with E-state index in [2.05, 4.69) is 0 Å². The monoisotopic (exact) mass is 182 g/mol. The van der Waals surface area contributed by atoms with Gasteiger partial charge in [-0.25, -0.2) is 0 Å². The molecule has 0 bridgehead atoms. The van der Waals surface area contributed by atoms with E-state index >= 15 is 0 Å². The smallest absolute Gasteiger partial charge is 0.304 e. The molecular weight excluding hydrogens is 168 g/mol. The molecule has 0 aliphatic rings. The molecule has 1 rings (SSSR count). The predicted octanol–water partition coefficient (Wildman–Crippen LogP) is 0.542. The number of nitrogens with zero attached hydrogens (tertiary/aromatic N) is 1. The Morgan fingerprint density at radius 3 is 2.85 bits per heavy atom. The molecule has 0 saturated carbocycles. The lowest BCUT2D eigenvalue weighted by Crippen LogP contribution is -2.18. The van der Waals surface area contributed by atoms with Crippen molar-refractivity contribution in [3.8, 4) is 0 Å². The van der Waals surface area contributed by atoms with Crippen LogP contribution >= 0.6 is 0 Å². The maximum Gasteiger partial charge on any atom is 0.304 e. The molecule has 0 aliphatic carbocycles. The number of hydrogen-bond donors (Lipinski definition) is 2. The van der Waals surface area contributed by atoms with Gasteiger partial charge in [-0.15, -0.1) is 0 Å². The van der Waals surface area contributed by atoms with Crippen LogP contribution in [0.25, 0.3) is 0 Å². The van der Waals surface area contributed by atoms with Gasteiger partial charge >= 0.3 is 5.97 Å². The standard InChI is InChI=1S/C9H14N2O2/c1-11-4-2-3-8(11)7(6-10)5-9(12)13/h2-4,7H,5-6,10H2,1H3,(H,12,13). The van der Waals surface area contributed by atoms with Crippen LogP contribution in [0.1, 0.15) is 18.0 Å². The molecule has 72 valence electrons. The topological polar surface area (TPSA) is 68.2 Å². The summed E-state index contributed by atoms with van der Waals surface area (Å²) in [6, 6.07) is 3.79. The number of nitrogens with two attached hydrogens (primary N) is 1. The number of aliphatic carboxylic acids is 1. The van der Waals surface area contributed by atoms with Crippen molar-refractivity contribution in [2.24, 2.45) is 12.8 Å². The second-order valence-corrected chi connectivity index (χ2v) is 3.07. The highest BCUT2D eigenvalue weighted by molar-refractivity contribution is 5.68. The first-order valence-corrected chi connectivity index (χ1v) is 4.18. The summed E-state index contributed by atoms with van der Waals surface area (Å²) in [6.45, 7) is 0.365. The van der Waals surface area contributed by atoms with E-state index in [1.54, 1.807) is 0 Å². The van der Waals surface area contributed by atoms with E-state index in [0.717, 1.165) is 5.69 Å². The number of aromatic nitrogens is 1. The first kappa shape index (κ1) is 9.80. The summed E-state index contributed by atoms with van der Waals surface area (Å²) in [6.07, 6.45) is 1.98. The summed E-state index contributed by atoms with van der Waals surface area (Å²) >= 11 is 0. The van der Waals surface area contributed by atoms with Crippen LogP contribution < -0.4 is 5.73 Å². The van der Waals surface area contributed by atoms with Gasteiger partial charge in [0.15, 0.2) is 0 Å². The Labute approximate surface area is 77.0 Å². The summed E-state index contributed by atoms with van der Waals surface area (Å²) in [5.74, 6) is -0.894. The summed E-state index contributed by atoms with van der Waals surface area (Å²) in [4.78, 5) is 10.5. The quantitative estimate of drug-likeness (QED) is 0.714. The molecule has 13 heavy (non-hydrogen) atoms. The van der Waals surface area contributed by atoms with Crippen LogP contribution in [0.5, 0.6) is 0 Å². The van der Waals surface area contributed by atoms with E-state index in [1.165, 1.54) is 0 Å². The van der Waals surface area contributed by atoms with Crippen molar-refractivity contribution < 1.29 is 9.90 Å². The maximum absolute atomic E-state index is 10.5. The second kappa shape index (κ2) is 4.09. The van der Waals surface area contributed by atoms with Crippen molar-refractivity contribution in [1.29, 1.82) is 0 Å². The third-order valence-electron chi connectivity index (χ3n) is 2.11. The van der Waals surface area contributed by atoms with E-state index in [1.807, 2.05) is 29.9 Å². The molecule has 1 heterocycles. The molecule has 3 N–H and O–H groups in total. The summed E-state index contributed by atoms with van der Waals surface area (Å²) in [5, 5.41) is 8.64. The fourth-order valence-corrected chi connectivity index (χ4v) is 1.42. The number of rotatable bonds is 4. The lowest BCUT2D eigenvalue weighted by atomic mass is 10.0. The Morgan fingerprint density at radius 2 is 2.46 bits per heavy atom. The van der Waals surface area contributed by atoms with Crippen molar-refractivity contribution in [3.05, 3.63) is 24.0 Å². The highest BCUT2D eigenvalue weighted by Gasteiger charge is 2.15. The highest BCUT2D eigenvalue weighted by Crippen LogP contribution is 2.17. The van der Waals surface area contributed by atoms with E-state index < -0.39 is 5.97 Å². The number of aryl methyl sites for hydroxylation is 1. The zero-order valence-electron chi connectivity index (χ0n) is 7.60. The van der Waals surface area contributed by atoms with E-state index in [0.29, 0.717) is 6.54 Å². The molecule has 4 heteroatoms. The molecule has 0 radical (unpaired) electrons. The molecule has 0 aliphatic heterocycles. The van der Waals surface area contributed by atoms with Crippen LogP contribution in [0.2, 0.25) is 0 Å². The third-order valence-corrected chi connectivity index (χ3v) is 2.11. The number of carboxylic acids is 1. The summed E-state index contributed by atoms with van der Waals surface area (Å²) in [7, 11) is 1.89. The minimum atomic E-state index is -0.809. The van der Waals surface area contributed by atoms with Crippen LogP contribution in [0.4, 0.5) is 0 Å². The highest BCUT2D eigenvalue weighted by atomic mass is 16.4. The van der Waals surface area contributed by atoms with Crippen molar-refractivity contribution in [3.63, 3.8) is 0 Å². The van der Waals surface area contributed by atoms with Crippen LogP contribution in [0.15, 0.2) is 18.3 Å². The molecule has 0 aromatic carbocycles. The molecular formula is C9H14N2O2. The first-order chi connectivity index (χ1) is 6.15. The van der Waals surface area contributed by atoms with Gasteiger partial charge in [-0.05, 0) is 12.1 Å². The van der Waals surface area contributed by atoms with Gasteiger partial charge in [0.25, 0.3) is 0 Å². The Kier molecular flexibility index (Phi) is 3.08. The zero-order valence-corrected chi connectivity index (χ0v) is 7.60. The number of carboxylic acid groups (broad SMARTS) is 1. The Hall–Kier alpha value is -1.29. The predicted molar refractivity (Wildman–Crippen MR) is 49.5 cm³/mol. The normalized spacial score (nSPS) is 12.8. The van der Waals surface area contributed by atoms with Gasteiger partial charge in [-0.2, -0.15) is 0 Å². The van der Waals surface area contributed by atoms with E-state index in [9.17, 15) is 4.79 Å². The minimum absolute atomic E-state index is 0.0856. The lowest BCUT2D eigenvalue weighted by Gasteiger charge is -2.13. The summed E-state index contributed by atoms with van der Waals surface area (Å²) in [5.41, 5.74) is 6.48. The van der Waals surface area contributed by atoms with Crippen LogP contribution in [-0.2, 0) is 11.8 Å². The minimum Gasteiger partial charge on any atom is -0.481 e. The van der Waals surface area contributed by atoms with Crippen molar-refractivity contribution >= 4 is 5.97 Å². The molecule has 1 aromatic rings. The SMILES string of the molecule is Cn1cccc1C(CN)CC(=O)O. The molecule has 4 nitrogen and oxygen atoms in total. The maximum atomic E-state index is 10.5. The van der Waals surface area contributed by atoms with Gasteiger partial charge in [0, 0.05) is 31.4 Å². The van der Waals surface area contributed by atoms with Gasteiger partial charge in [-0.1, -0.05) is 0 Å². The molecule has 1 unspecified atom stereocenters. The molecule has 0 fully saturated rings. The van der Waals surface area contributed by atoms with Crippen LogP contribution in [0.3, 0.4) is 0 Å². The van der Waals surface area contributed by atoms with Gasteiger partial charge in [0.1, 0.15) is 0 Å². The molecule has 1 atom stereocenters. The second-order valence-electron chi connectivity index (χ2n) is 3.07. The first-order valence-electron chi connectivity index (χ1n) is 4.18. The van der Waals surface area contributed by atoms with Gasteiger partial charge < -0.3 is 15.4 Å². The van der Waals surface area contributed by atoms with Gasteiger partial charge in [0.05, 0.1) is 6.42 Å². The number of hydrogen-bond acceptors (Lipinski definition) is 2. The Bertz CT molecular complexity index is 294. The average molecular weight is 182 g/mol. The third kappa shape index (κ3) is 2.32. The van der Waals surface area contributed by atoms with Crippen molar-refractivity contribution in [1.82, 2.24) is 4.57 Å². The lowest BCUT2D eigenvalue weighted by molar-refractivity contribution is -0.137. The van der Waals surface area contributed by atoms with Crippen LogP contribution in [0, 0.1) is 0 Å². The fourth-order valence-electron chi connectivity index (χ4n) is 1.42. The molecule has 0 saturated heterocycles. The van der Waals surface area contributed by atoms with Crippen LogP contribution in [-0.4, -0.2) is 22.2 Å². The molecule has 1 aromatic heterocycles. The Morgan fingerprint density at radius 1 is 1.77 bits per heavy atom. The zero-order chi connectivity index (χ0) is 9.84. The van der Waals surface area contributed by atoms with E-state index in [4.69, 9.17) is 10.8 Å². The molecule has 0 amide bonds. The summed E-state index contributed by atoms with van der Waals surface area (Å²) < 4.78 is 1.90. The van der Waals surface area contributed by atoms with E-state index in [-0.39, 0.29) is 12.3 Å². The molecule has 0 spiro atoms.